The predicted molar refractivity (Wildman–Crippen MR) is 76.2 cm³/mol. The van der Waals surface area contributed by atoms with Gasteiger partial charge in [-0.2, -0.15) is 0 Å². The Labute approximate surface area is 121 Å². The lowest BCUT2D eigenvalue weighted by molar-refractivity contribution is 0.0595. The van der Waals surface area contributed by atoms with Crippen molar-refractivity contribution in [2.75, 3.05) is 12.4 Å². The van der Waals surface area contributed by atoms with Crippen molar-refractivity contribution in [2.24, 2.45) is 0 Å². The van der Waals surface area contributed by atoms with Crippen LogP contribution in [0.15, 0.2) is 36.4 Å². The first-order valence-electron chi connectivity index (χ1n) is 6.38. The number of carbonyl (C=O) groups is 1. The molecule has 0 amide bonds. The van der Waals surface area contributed by atoms with Crippen molar-refractivity contribution in [3.05, 3.63) is 64.7 Å². The molecule has 0 aromatic heterocycles. The Morgan fingerprint density at radius 3 is 2.57 bits per heavy atom. The molecule has 2 aromatic rings. The van der Waals surface area contributed by atoms with E-state index in [0.29, 0.717) is 12.1 Å². The molecule has 0 saturated carbocycles. The lowest BCUT2D eigenvalue weighted by atomic mass is 10.1. The van der Waals surface area contributed by atoms with E-state index in [-0.39, 0.29) is 11.4 Å². The molecule has 2 aromatic carbocycles. The van der Waals surface area contributed by atoms with E-state index in [9.17, 15) is 13.6 Å². The number of rotatable bonds is 4. The van der Waals surface area contributed by atoms with Crippen molar-refractivity contribution in [3.8, 4) is 0 Å². The first kappa shape index (κ1) is 15.0. The van der Waals surface area contributed by atoms with E-state index in [2.05, 4.69) is 10.1 Å². The normalized spacial score (nSPS) is 10.3. The number of esters is 1. The summed E-state index contributed by atoms with van der Waals surface area (Å²) in [6, 6.07) is 8.71. The van der Waals surface area contributed by atoms with Crippen molar-refractivity contribution in [3.63, 3.8) is 0 Å². The van der Waals surface area contributed by atoms with Gasteiger partial charge >= 0.3 is 5.97 Å². The number of halogens is 2. The SMILES string of the molecule is COC(=O)c1ccc(CNc2ccc(F)cc2C)cc1F. The Balaban J connectivity index is 2.10. The maximum atomic E-state index is 13.8. The fourth-order valence-corrected chi connectivity index (χ4v) is 1.97. The van der Waals surface area contributed by atoms with E-state index in [1.54, 1.807) is 19.1 Å². The highest BCUT2D eigenvalue weighted by Crippen LogP contribution is 2.18. The third-order valence-corrected chi connectivity index (χ3v) is 3.11. The standard InChI is InChI=1S/C16H15F2NO2/c1-10-7-12(17)4-6-15(10)19-9-11-3-5-13(14(18)8-11)16(20)21-2/h3-8,19H,9H2,1-2H3. The highest BCUT2D eigenvalue weighted by molar-refractivity contribution is 5.89. The average Bonchev–Trinajstić information content (AvgIpc) is 2.45. The molecule has 1 N–H and O–H groups in total. The van der Waals surface area contributed by atoms with Crippen LogP contribution in [-0.2, 0) is 11.3 Å². The van der Waals surface area contributed by atoms with Gasteiger partial charge in [-0.15, -0.1) is 0 Å². The molecule has 110 valence electrons. The van der Waals surface area contributed by atoms with Crippen LogP contribution in [0.1, 0.15) is 21.5 Å². The first-order chi connectivity index (χ1) is 10.0. The predicted octanol–water partition coefficient (Wildman–Crippen LogP) is 3.67. The molecule has 0 atom stereocenters. The number of methoxy groups -OCH3 is 1. The van der Waals surface area contributed by atoms with E-state index in [1.165, 1.54) is 31.4 Å². The molecule has 0 aliphatic heterocycles. The molecule has 0 aliphatic carbocycles. The van der Waals surface area contributed by atoms with Gasteiger partial charge in [-0.1, -0.05) is 6.07 Å². The zero-order valence-corrected chi connectivity index (χ0v) is 11.7. The van der Waals surface area contributed by atoms with Crippen LogP contribution in [0.4, 0.5) is 14.5 Å². The molecule has 3 nitrogen and oxygen atoms in total. The molecule has 5 heteroatoms. The van der Waals surface area contributed by atoms with Crippen molar-refractivity contribution in [1.82, 2.24) is 0 Å². The van der Waals surface area contributed by atoms with E-state index in [4.69, 9.17) is 0 Å². The zero-order valence-electron chi connectivity index (χ0n) is 11.7. The molecular formula is C16H15F2NO2. The van der Waals surface area contributed by atoms with Gasteiger partial charge in [0.2, 0.25) is 0 Å². The van der Waals surface area contributed by atoms with Gasteiger partial charge in [-0.25, -0.2) is 13.6 Å². The van der Waals surface area contributed by atoms with E-state index in [1.807, 2.05) is 0 Å². The third kappa shape index (κ3) is 3.56. The summed E-state index contributed by atoms with van der Waals surface area (Å²) in [5.41, 5.74) is 2.11. The summed E-state index contributed by atoms with van der Waals surface area (Å²) in [6.45, 7) is 2.15. The van der Waals surface area contributed by atoms with E-state index in [0.717, 1.165) is 11.3 Å². The Hall–Kier alpha value is -2.43. The number of ether oxygens (including phenoxy) is 1. The number of benzene rings is 2. The first-order valence-corrected chi connectivity index (χ1v) is 6.38. The lowest BCUT2D eigenvalue weighted by Crippen LogP contribution is -2.06. The van der Waals surface area contributed by atoms with Gasteiger partial charge in [0.25, 0.3) is 0 Å². The average molecular weight is 291 g/mol. The van der Waals surface area contributed by atoms with E-state index < -0.39 is 11.8 Å². The second-order valence-corrected chi connectivity index (χ2v) is 4.62. The number of aryl methyl sites for hydroxylation is 1. The second kappa shape index (κ2) is 6.35. The van der Waals surface area contributed by atoms with Gasteiger partial charge in [-0.05, 0) is 48.4 Å². The van der Waals surface area contributed by atoms with Gasteiger partial charge in [0, 0.05) is 12.2 Å². The maximum absolute atomic E-state index is 13.8. The summed E-state index contributed by atoms with van der Waals surface area (Å²) in [7, 11) is 1.20. The van der Waals surface area contributed by atoms with Crippen molar-refractivity contribution >= 4 is 11.7 Å². The topological polar surface area (TPSA) is 38.3 Å². The summed E-state index contributed by atoms with van der Waals surface area (Å²) >= 11 is 0. The molecular weight excluding hydrogens is 276 g/mol. The quantitative estimate of drug-likeness (QED) is 0.873. The largest absolute Gasteiger partial charge is 0.465 e. The molecule has 0 bridgehead atoms. The van der Waals surface area contributed by atoms with Gasteiger partial charge in [0.1, 0.15) is 11.6 Å². The van der Waals surface area contributed by atoms with Crippen LogP contribution in [-0.4, -0.2) is 13.1 Å². The Morgan fingerprint density at radius 1 is 1.19 bits per heavy atom. The smallest absolute Gasteiger partial charge is 0.340 e. The van der Waals surface area contributed by atoms with Crippen LogP contribution in [0.3, 0.4) is 0 Å². The summed E-state index contributed by atoms with van der Waals surface area (Å²) in [5, 5.41) is 3.10. The molecule has 0 saturated heterocycles. The molecule has 0 radical (unpaired) electrons. The molecule has 0 unspecified atom stereocenters. The number of nitrogens with one attached hydrogen (secondary N) is 1. The van der Waals surface area contributed by atoms with Crippen molar-refractivity contribution in [2.45, 2.75) is 13.5 Å². The second-order valence-electron chi connectivity index (χ2n) is 4.62. The highest BCUT2D eigenvalue weighted by atomic mass is 19.1. The highest BCUT2D eigenvalue weighted by Gasteiger charge is 2.12. The fourth-order valence-electron chi connectivity index (χ4n) is 1.97. The molecule has 0 heterocycles. The van der Waals surface area contributed by atoms with Crippen LogP contribution in [0.2, 0.25) is 0 Å². The summed E-state index contributed by atoms with van der Waals surface area (Å²) in [5.74, 6) is -1.63. The molecule has 0 spiro atoms. The summed E-state index contributed by atoms with van der Waals surface area (Å²) in [6.07, 6.45) is 0. The fraction of sp³-hybridized carbons (Fsp3) is 0.188. The molecule has 0 aliphatic rings. The minimum absolute atomic E-state index is 0.0980. The summed E-state index contributed by atoms with van der Waals surface area (Å²) in [4.78, 5) is 11.3. The Morgan fingerprint density at radius 2 is 1.95 bits per heavy atom. The number of anilines is 1. The molecule has 0 fully saturated rings. The Kier molecular flexibility index (Phi) is 4.52. The van der Waals surface area contributed by atoms with Crippen LogP contribution < -0.4 is 5.32 Å². The van der Waals surface area contributed by atoms with Crippen LogP contribution in [0.5, 0.6) is 0 Å². The Bertz CT molecular complexity index is 671. The molecule has 2 rings (SSSR count). The van der Waals surface area contributed by atoms with Gasteiger partial charge in [0.15, 0.2) is 0 Å². The minimum Gasteiger partial charge on any atom is -0.465 e. The van der Waals surface area contributed by atoms with Gasteiger partial charge in [0.05, 0.1) is 12.7 Å². The number of hydrogen-bond donors (Lipinski definition) is 1. The van der Waals surface area contributed by atoms with Crippen molar-refractivity contribution in [1.29, 1.82) is 0 Å². The van der Waals surface area contributed by atoms with Crippen LogP contribution in [0.25, 0.3) is 0 Å². The molecule has 21 heavy (non-hydrogen) atoms. The lowest BCUT2D eigenvalue weighted by Gasteiger charge is -2.10. The minimum atomic E-state index is -0.707. The number of hydrogen-bond acceptors (Lipinski definition) is 3. The third-order valence-electron chi connectivity index (χ3n) is 3.11. The maximum Gasteiger partial charge on any atom is 0.340 e. The summed E-state index contributed by atoms with van der Waals surface area (Å²) < 4.78 is 31.2. The van der Waals surface area contributed by atoms with Crippen LogP contribution in [0, 0.1) is 18.6 Å². The number of carbonyl (C=O) groups excluding carboxylic acids is 1. The van der Waals surface area contributed by atoms with Gasteiger partial charge < -0.3 is 10.1 Å². The van der Waals surface area contributed by atoms with Crippen LogP contribution >= 0.6 is 0 Å². The zero-order chi connectivity index (χ0) is 15.4. The van der Waals surface area contributed by atoms with Crippen molar-refractivity contribution < 1.29 is 18.3 Å². The monoisotopic (exact) mass is 291 g/mol. The van der Waals surface area contributed by atoms with E-state index >= 15 is 0 Å². The van der Waals surface area contributed by atoms with Gasteiger partial charge in [-0.3, -0.25) is 0 Å².